The van der Waals surface area contributed by atoms with Gasteiger partial charge in [0, 0.05) is 44.4 Å². The minimum Gasteiger partial charge on any atom is -0.497 e. The van der Waals surface area contributed by atoms with Gasteiger partial charge in [0.05, 0.1) is 26.7 Å². The third-order valence-electron chi connectivity index (χ3n) is 6.03. The van der Waals surface area contributed by atoms with Gasteiger partial charge in [0.2, 0.25) is 17.7 Å². The average molecular weight is 529 g/mol. The van der Waals surface area contributed by atoms with Gasteiger partial charge in [0.25, 0.3) is 0 Å². The summed E-state index contributed by atoms with van der Waals surface area (Å²) < 4.78 is 10.6. The second-order valence-electron chi connectivity index (χ2n) is 8.75. The SMILES string of the molecule is COc1ccc(CNC(=O)[C@H](CCc2ccccc2)NC(=O)[C@@H](N)CC(=O)N(CCN)CCN)c(OC)c1. The zero-order valence-corrected chi connectivity index (χ0v) is 22.2. The van der Waals surface area contributed by atoms with E-state index in [1.165, 1.54) is 12.0 Å². The summed E-state index contributed by atoms with van der Waals surface area (Å²) >= 11 is 0. The molecule has 0 aliphatic carbocycles. The summed E-state index contributed by atoms with van der Waals surface area (Å²) in [7, 11) is 3.09. The number of carbonyl (C=O) groups is 3. The highest BCUT2D eigenvalue weighted by Crippen LogP contribution is 2.24. The molecule has 0 bridgehead atoms. The Kier molecular flexibility index (Phi) is 13.0. The van der Waals surface area contributed by atoms with E-state index in [0.29, 0.717) is 37.4 Å². The van der Waals surface area contributed by atoms with E-state index in [0.717, 1.165) is 11.1 Å². The number of hydrogen-bond acceptors (Lipinski definition) is 8. The van der Waals surface area contributed by atoms with Crippen molar-refractivity contribution in [1.82, 2.24) is 15.5 Å². The maximum Gasteiger partial charge on any atom is 0.242 e. The van der Waals surface area contributed by atoms with Gasteiger partial charge in [-0.1, -0.05) is 30.3 Å². The number of nitrogens with zero attached hydrogens (tertiary/aromatic N) is 1. The van der Waals surface area contributed by atoms with Gasteiger partial charge in [-0.05, 0) is 30.5 Å². The van der Waals surface area contributed by atoms with E-state index in [4.69, 9.17) is 26.7 Å². The van der Waals surface area contributed by atoms with Crippen molar-refractivity contribution in [2.24, 2.45) is 17.2 Å². The fourth-order valence-corrected chi connectivity index (χ4v) is 3.89. The first-order valence-electron chi connectivity index (χ1n) is 12.6. The highest BCUT2D eigenvalue weighted by atomic mass is 16.5. The van der Waals surface area contributed by atoms with Crippen LogP contribution in [0.2, 0.25) is 0 Å². The van der Waals surface area contributed by atoms with Crippen LogP contribution in [0.4, 0.5) is 0 Å². The van der Waals surface area contributed by atoms with Gasteiger partial charge in [-0.15, -0.1) is 0 Å². The van der Waals surface area contributed by atoms with Crippen molar-refractivity contribution in [3.63, 3.8) is 0 Å². The van der Waals surface area contributed by atoms with Crippen LogP contribution in [0.1, 0.15) is 24.0 Å². The lowest BCUT2D eigenvalue weighted by atomic mass is 10.0. The van der Waals surface area contributed by atoms with Crippen molar-refractivity contribution in [2.45, 2.75) is 37.9 Å². The lowest BCUT2D eigenvalue weighted by Gasteiger charge is -2.24. The normalized spacial score (nSPS) is 12.2. The molecule has 0 saturated carbocycles. The minimum atomic E-state index is -1.13. The number of nitrogens with two attached hydrogens (primary N) is 3. The summed E-state index contributed by atoms with van der Waals surface area (Å²) in [5.41, 5.74) is 19.0. The van der Waals surface area contributed by atoms with Gasteiger partial charge in [-0.25, -0.2) is 0 Å². The van der Waals surface area contributed by atoms with Crippen LogP contribution in [0, 0.1) is 0 Å². The van der Waals surface area contributed by atoms with Crippen molar-refractivity contribution in [2.75, 3.05) is 40.4 Å². The first-order valence-corrected chi connectivity index (χ1v) is 12.6. The monoisotopic (exact) mass is 528 g/mol. The molecule has 2 rings (SSSR count). The van der Waals surface area contributed by atoms with E-state index in [-0.39, 0.29) is 37.9 Å². The van der Waals surface area contributed by atoms with Crippen LogP contribution in [0.15, 0.2) is 48.5 Å². The van der Waals surface area contributed by atoms with Crippen molar-refractivity contribution >= 4 is 17.7 Å². The van der Waals surface area contributed by atoms with E-state index >= 15 is 0 Å². The molecule has 0 saturated heterocycles. The number of aryl methyl sites for hydroxylation is 1. The molecule has 0 aromatic heterocycles. The molecular formula is C27H40N6O5. The van der Waals surface area contributed by atoms with Gasteiger partial charge in [-0.2, -0.15) is 0 Å². The lowest BCUT2D eigenvalue weighted by Crippen LogP contribution is -2.53. The fourth-order valence-electron chi connectivity index (χ4n) is 3.89. The second-order valence-corrected chi connectivity index (χ2v) is 8.75. The number of benzene rings is 2. The van der Waals surface area contributed by atoms with E-state index in [1.807, 2.05) is 30.3 Å². The molecular weight excluding hydrogens is 488 g/mol. The Hall–Kier alpha value is -3.67. The van der Waals surface area contributed by atoms with E-state index in [1.54, 1.807) is 25.3 Å². The molecule has 38 heavy (non-hydrogen) atoms. The number of ether oxygens (including phenoxy) is 2. The van der Waals surface area contributed by atoms with Crippen LogP contribution in [0.25, 0.3) is 0 Å². The third-order valence-corrected chi connectivity index (χ3v) is 6.03. The van der Waals surface area contributed by atoms with Gasteiger partial charge < -0.3 is 42.2 Å². The number of carbonyl (C=O) groups excluding carboxylic acids is 3. The van der Waals surface area contributed by atoms with Crippen LogP contribution in [-0.4, -0.2) is 75.1 Å². The van der Waals surface area contributed by atoms with E-state index in [9.17, 15) is 14.4 Å². The first-order chi connectivity index (χ1) is 18.3. The van der Waals surface area contributed by atoms with Gasteiger partial charge in [-0.3, -0.25) is 14.4 Å². The second kappa shape index (κ2) is 16.2. The van der Waals surface area contributed by atoms with Crippen molar-refractivity contribution in [3.8, 4) is 11.5 Å². The average Bonchev–Trinajstić information content (AvgIpc) is 2.93. The molecule has 0 fully saturated rings. The predicted molar refractivity (Wildman–Crippen MR) is 145 cm³/mol. The summed E-state index contributed by atoms with van der Waals surface area (Å²) in [6.45, 7) is 1.37. The largest absolute Gasteiger partial charge is 0.497 e. The first kappa shape index (κ1) is 30.6. The minimum absolute atomic E-state index is 0.182. The third kappa shape index (κ3) is 9.66. The summed E-state index contributed by atoms with van der Waals surface area (Å²) in [6.07, 6.45) is 0.677. The Morgan fingerprint density at radius 3 is 2.24 bits per heavy atom. The predicted octanol–water partition coefficient (Wildman–Crippen LogP) is -0.0990. The molecule has 0 aliphatic rings. The van der Waals surface area contributed by atoms with Gasteiger partial charge >= 0.3 is 0 Å². The molecule has 0 spiro atoms. The molecule has 11 nitrogen and oxygen atoms in total. The van der Waals surface area contributed by atoms with Crippen molar-refractivity contribution in [1.29, 1.82) is 0 Å². The molecule has 2 aromatic carbocycles. The molecule has 0 unspecified atom stereocenters. The molecule has 8 N–H and O–H groups in total. The lowest BCUT2D eigenvalue weighted by molar-refractivity contribution is -0.135. The van der Waals surface area contributed by atoms with Crippen molar-refractivity contribution in [3.05, 3.63) is 59.7 Å². The van der Waals surface area contributed by atoms with Crippen LogP contribution >= 0.6 is 0 Å². The van der Waals surface area contributed by atoms with E-state index in [2.05, 4.69) is 10.6 Å². The summed E-state index contributed by atoms with van der Waals surface area (Å²) in [4.78, 5) is 40.2. The zero-order chi connectivity index (χ0) is 27.9. The number of amides is 3. The maximum absolute atomic E-state index is 13.2. The Morgan fingerprint density at radius 1 is 0.947 bits per heavy atom. The highest BCUT2D eigenvalue weighted by molar-refractivity contribution is 5.92. The Labute approximate surface area is 224 Å². The van der Waals surface area contributed by atoms with Gasteiger partial charge in [0.15, 0.2) is 0 Å². The standard InChI is InChI=1S/C27H40N6O5/c1-37-21-10-9-20(24(16-21)38-2)18-31-27(36)23(11-8-19-6-4-3-5-7-19)32-26(35)22(30)17-25(34)33(14-12-28)15-13-29/h3-7,9-10,16,22-23H,8,11-15,17-18,28-30H2,1-2H3,(H,31,36)(H,32,35)/t22-,23-/m0/s1. The van der Waals surface area contributed by atoms with Crippen molar-refractivity contribution < 1.29 is 23.9 Å². The van der Waals surface area contributed by atoms with Crippen LogP contribution in [0.3, 0.4) is 0 Å². The quantitative estimate of drug-likeness (QED) is 0.201. The molecule has 11 heteroatoms. The summed E-state index contributed by atoms with van der Waals surface area (Å²) in [5, 5.41) is 5.60. The molecule has 0 heterocycles. The molecule has 0 radical (unpaired) electrons. The molecule has 0 aliphatic heterocycles. The number of nitrogens with one attached hydrogen (secondary N) is 2. The van der Waals surface area contributed by atoms with Crippen LogP contribution < -0.4 is 37.3 Å². The smallest absolute Gasteiger partial charge is 0.242 e. The molecule has 2 aromatic rings. The Morgan fingerprint density at radius 2 is 1.63 bits per heavy atom. The molecule has 208 valence electrons. The Balaban J connectivity index is 2.08. The molecule has 3 amide bonds. The number of hydrogen-bond donors (Lipinski definition) is 5. The summed E-state index contributed by atoms with van der Waals surface area (Å²) in [5.74, 6) is -0.0902. The maximum atomic E-state index is 13.2. The molecule has 2 atom stereocenters. The fraction of sp³-hybridized carbons (Fsp3) is 0.444. The van der Waals surface area contributed by atoms with Gasteiger partial charge in [0.1, 0.15) is 17.5 Å². The zero-order valence-electron chi connectivity index (χ0n) is 22.2. The number of rotatable bonds is 16. The van der Waals surface area contributed by atoms with Crippen LogP contribution in [-0.2, 0) is 27.3 Å². The summed E-state index contributed by atoms with van der Waals surface area (Å²) in [6, 6.07) is 12.9. The van der Waals surface area contributed by atoms with Crippen LogP contribution in [0.5, 0.6) is 11.5 Å². The highest BCUT2D eigenvalue weighted by Gasteiger charge is 2.26. The topological polar surface area (TPSA) is 175 Å². The Bertz CT molecular complexity index is 1030. The van der Waals surface area contributed by atoms with E-state index < -0.39 is 18.0 Å². The number of methoxy groups -OCH3 is 2.